The molecule has 0 bridgehead atoms. The molecular formula is C11H17N3O3S. The molecule has 6 nitrogen and oxygen atoms in total. The van der Waals surface area contributed by atoms with Crippen LogP contribution in [0.3, 0.4) is 0 Å². The Labute approximate surface area is 109 Å². The Balaban J connectivity index is 2.32. The molecule has 1 heterocycles. The quantitative estimate of drug-likeness (QED) is 0.749. The zero-order chi connectivity index (χ0) is 13.8. The van der Waals surface area contributed by atoms with Gasteiger partial charge in [0.15, 0.2) is 0 Å². The topological polar surface area (TPSA) is 91.3 Å². The first-order chi connectivity index (χ1) is 8.31. The standard InChI is InChI=1S/C11H17N3O3S/c1-7-13-8(6-18-7)4-5-12-10(17)14-11(2,3)9(15)16/h6H,4-5H2,1-3H3,(H,15,16)(H2,12,14,17). The van der Waals surface area contributed by atoms with Crippen LogP contribution in [0.4, 0.5) is 4.79 Å². The number of carboxylic acids is 1. The van der Waals surface area contributed by atoms with Crippen LogP contribution in [0.2, 0.25) is 0 Å². The second kappa shape index (κ2) is 5.81. The molecule has 0 fully saturated rings. The van der Waals surface area contributed by atoms with Gasteiger partial charge in [0.2, 0.25) is 0 Å². The second-order valence-corrected chi connectivity index (χ2v) is 5.48. The van der Waals surface area contributed by atoms with Gasteiger partial charge in [0.05, 0.1) is 10.7 Å². The molecule has 0 atom stereocenters. The van der Waals surface area contributed by atoms with Crippen LogP contribution in [0.5, 0.6) is 0 Å². The molecule has 0 aromatic carbocycles. The Morgan fingerprint density at radius 1 is 1.50 bits per heavy atom. The van der Waals surface area contributed by atoms with Gasteiger partial charge in [0.1, 0.15) is 5.54 Å². The molecule has 0 saturated carbocycles. The lowest BCUT2D eigenvalue weighted by Crippen LogP contribution is -2.53. The van der Waals surface area contributed by atoms with Crippen molar-refractivity contribution in [2.24, 2.45) is 0 Å². The third kappa shape index (κ3) is 4.33. The zero-order valence-electron chi connectivity index (χ0n) is 10.6. The summed E-state index contributed by atoms with van der Waals surface area (Å²) < 4.78 is 0. The molecule has 0 aliphatic heterocycles. The molecule has 1 aromatic heterocycles. The number of thiazole rings is 1. The Morgan fingerprint density at radius 2 is 2.17 bits per heavy atom. The minimum atomic E-state index is -1.28. The molecule has 2 amide bonds. The van der Waals surface area contributed by atoms with Crippen molar-refractivity contribution < 1.29 is 14.7 Å². The number of aryl methyl sites for hydroxylation is 1. The molecule has 3 N–H and O–H groups in total. The molecule has 0 spiro atoms. The lowest BCUT2D eigenvalue weighted by Gasteiger charge is -2.21. The van der Waals surface area contributed by atoms with Crippen LogP contribution < -0.4 is 10.6 Å². The van der Waals surface area contributed by atoms with E-state index < -0.39 is 17.5 Å². The summed E-state index contributed by atoms with van der Waals surface area (Å²) in [6, 6.07) is -0.491. The number of hydrogen-bond acceptors (Lipinski definition) is 4. The number of urea groups is 1. The summed E-state index contributed by atoms with van der Waals surface area (Å²) in [5.41, 5.74) is -0.350. The van der Waals surface area contributed by atoms with Crippen LogP contribution in [-0.4, -0.2) is 34.2 Å². The van der Waals surface area contributed by atoms with Gasteiger partial charge in [-0.2, -0.15) is 0 Å². The summed E-state index contributed by atoms with van der Waals surface area (Å²) in [5.74, 6) is -1.08. The largest absolute Gasteiger partial charge is 0.480 e. The summed E-state index contributed by atoms with van der Waals surface area (Å²) in [7, 11) is 0. The Kier molecular flexibility index (Phi) is 4.66. The number of aliphatic carboxylic acids is 1. The predicted molar refractivity (Wildman–Crippen MR) is 68.8 cm³/mol. The van der Waals surface area contributed by atoms with Crippen molar-refractivity contribution in [1.29, 1.82) is 0 Å². The number of nitrogens with one attached hydrogen (secondary N) is 2. The van der Waals surface area contributed by atoms with Gasteiger partial charge in [0.25, 0.3) is 0 Å². The van der Waals surface area contributed by atoms with Gasteiger partial charge in [-0.3, -0.25) is 0 Å². The van der Waals surface area contributed by atoms with Gasteiger partial charge in [-0.15, -0.1) is 11.3 Å². The molecule has 0 aliphatic rings. The highest BCUT2D eigenvalue weighted by Crippen LogP contribution is 2.07. The fourth-order valence-electron chi connectivity index (χ4n) is 1.21. The van der Waals surface area contributed by atoms with Gasteiger partial charge < -0.3 is 15.7 Å². The van der Waals surface area contributed by atoms with E-state index in [1.165, 1.54) is 13.8 Å². The summed E-state index contributed by atoms with van der Waals surface area (Å²) in [5, 5.41) is 16.8. The van der Waals surface area contributed by atoms with E-state index >= 15 is 0 Å². The maximum Gasteiger partial charge on any atom is 0.328 e. The molecular weight excluding hydrogens is 254 g/mol. The fraction of sp³-hybridized carbons (Fsp3) is 0.545. The summed E-state index contributed by atoms with van der Waals surface area (Å²) in [6.07, 6.45) is 0.630. The highest BCUT2D eigenvalue weighted by molar-refractivity contribution is 7.09. The third-order valence-corrected chi connectivity index (χ3v) is 3.12. The number of rotatable bonds is 5. The fourth-order valence-corrected chi connectivity index (χ4v) is 1.86. The molecule has 18 heavy (non-hydrogen) atoms. The Hall–Kier alpha value is -1.63. The van der Waals surface area contributed by atoms with Gasteiger partial charge in [-0.25, -0.2) is 14.6 Å². The molecule has 1 aromatic rings. The number of carbonyl (C=O) groups excluding carboxylic acids is 1. The van der Waals surface area contributed by atoms with Crippen LogP contribution in [0.25, 0.3) is 0 Å². The Morgan fingerprint density at radius 3 is 2.67 bits per heavy atom. The van der Waals surface area contributed by atoms with E-state index in [1.807, 2.05) is 12.3 Å². The second-order valence-electron chi connectivity index (χ2n) is 4.42. The van der Waals surface area contributed by atoms with Crippen LogP contribution in [-0.2, 0) is 11.2 Å². The predicted octanol–water partition coefficient (Wildman–Crippen LogP) is 1.16. The Bertz CT molecular complexity index is 442. The first-order valence-electron chi connectivity index (χ1n) is 5.51. The van der Waals surface area contributed by atoms with E-state index in [2.05, 4.69) is 15.6 Å². The van der Waals surface area contributed by atoms with E-state index in [0.717, 1.165) is 10.7 Å². The van der Waals surface area contributed by atoms with Gasteiger partial charge in [-0.05, 0) is 20.8 Å². The van der Waals surface area contributed by atoms with E-state index in [0.29, 0.717) is 13.0 Å². The van der Waals surface area contributed by atoms with E-state index in [1.54, 1.807) is 11.3 Å². The van der Waals surface area contributed by atoms with Crippen molar-refractivity contribution in [3.63, 3.8) is 0 Å². The molecule has 0 aliphatic carbocycles. The molecule has 100 valence electrons. The molecule has 7 heteroatoms. The van der Waals surface area contributed by atoms with Crippen molar-refractivity contribution in [1.82, 2.24) is 15.6 Å². The summed E-state index contributed by atoms with van der Waals surface area (Å²) in [4.78, 5) is 26.5. The first-order valence-corrected chi connectivity index (χ1v) is 6.39. The smallest absolute Gasteiger partial charge is 0.328 e. The van der Waals surface area contributed by atoms with Gasteiger partial charge in [0, 0.05) is 18.3 Å². The number of nitrogens with zero attached hydrogens (tertiary/aromatic N) is 1. The third-order valence-electron chi connectivity index (χ3n) is 2.29. The van der Waals surface area contributed by atoms with Crippen LogP contribution in [0, 0.1) is 6.92 Å². The van der Waals surface area contributed by atoms with Crippen molar-refractivity contribution in [3.8, 4) is 0 Å². The molecule has 1 rings (SSSR count). The number of aromatic nitrogens is 1. The lowest BCUT2D eigenvalue weighted by atomic mass is 10.1. The van der Waals surface area contributed by atoms with Gasteiger partial charge >= 0.3 is 12.0 Å². The minimum Gasteiger partial charge on any atom is -0.480 e. The average Bonchev–Trinajstić information content (AvgIpc) is 2.63. The normalized spacial score (nSPS) is 11.1. The lowest BCUT2D eigenvalue weighted by molar-refractivity contribution is -0.142. The number of carboxylic acid groups (broad SMARTS) is 1. The van der Waals surface area contributed by atoms with Crippen molar-refractivity contribution in [2.45, 2.75) is 32.7 Å². The minimum absolute atomic E-state index is 0.421. The maximum atomic E-state index is 11.5. The highest BCUT2D eigenvalue weighted by atomic mass is 32.1. The highest BCUT2D eigenvalue weighted by Gasteiger charge is 2.28. The maximum absolute atomic E-state index is 11.5. The van der Waals surface area contributed by atoms with Crippen molar-refractivity contribution in [2.75, 3.05) is 6.54 Å². The van der Waals surface area contributed by atoms with E-state index in [4.69, 9.17) is 5.11 Å². The molecule has 0 saturated heterocycles. The van der Waals surface area contributed by atoms with Crippen LogP contribution >= 0.6 is 11.3 Å². The summed E-state index contributed by atoms with van der Waals surface area (Å²) in [6.45, 7) is 5.20. The number of amides is 2. The number of carbonyl (C=O) groups is 2. The summed E-state index contributed by atoms with van der Waals surface area (Å²) >= 11 is 1.56. The van der Waals surface area contributed by atoms with Crippen molar-refractivity contribution >= 4 is 23.3 Å². The van der Waals surface area contributed by atoms with Gasteiger partial charge in [-0.1, -0.05) is 0 Å². The zero-order valence-corrected chi connectivity index (χ0v) is 11.4. The molecule has 0 unspecified atom stereocenters. The molecule has 0 radical (unpaired) electrons. The monoisotopic (exact) mass is 271 g/mol. The van der Waals surface area contributed by atoms with E-state index in [9.17, 15) is 9.59 Å². The number of hydrogen-bond donors (Lipinski definition) is 3. The SMILES string of the molecule is Cc1nc(CCNC(=O)NC(C)(C)C(=O)O)cs1. The van der Waals surface area contributed by atoms with Crippen LogP contribution in [0.1, 0.15) is 24.5 Å². The van der Waals surface area contributed by atoms with Crippen molar-refractivity contribution in [3.05, 3.63) is 16.1 Å². The van der Waals surface area contributed by atoms with Crippen LogP contribution in [0.15, 0.2) is 5.38 Å². The van der Waals surface area contributed by atoms with E-state index in [-0.39, 0.29) is 0 Å². The first kappa shape index (κ1) is 14.4. The average molecular weight is 271 g/mol.